The molecule has 0 aliphatic carbocycles. The van der Waals surface area contributed by atoms with Crippen LogP contribution in [0.4, 0.5) is 5.69 Å². The molecule has 0 bridgehead atoms. The smallest absolute Gasteiger partial charge is 0.223 e. The third kappa shape index (κ3) is 6.63. The summed E-state index contributed by atoms with van der Waals surface area (Å²) in [5, 5.41) is 5.33. The van der Waals surface area contributed by atoms with E-state index in [0.29, 0.717) is 30.9 Å². The van der Waals surface area contributed by atoms with Crippen LogP contribution in [0.1, 0.15) is 19.8 Å². The molecule has 0 heterocycles. The van der Waals surface area contributed by atoms with E-state index in [4.69, 9.17) is 10.5 Å². The van der Waals surface area contributed by atoms with Gasteiger partial charge >= 0.3 is 0 Å². The van der Waals surface area contributed by atoms with Gasteiger partial charge in [-0.2, -0.15) is 0 Å². The lowest BCUT2D eigenvalue weighted by molar-refractivity contribution is -0.122. The van der Waals surface area contributed by atoms with Crippen molar-refractivity contribution in [3.8, 4) is 5.75 Å². The minimum atomic E-state index is -0.134. The lowest BCUT2D eigenvalue weighted by Gasteiger charge is -2.07. The molecular formula is C14H21N3O3. The van der Waals surface area contributed by atoms with Crippen molar-refractivity contribution >= 4 is 17.5 Å². The summed E-state index contributed by atoms with van der Waals surface area (Å²) in [7, 11) is 0. The number of hydrogen-bond donors (Lipinski definition) is 3. The number of hydrogen-bond acceptors (Lipinski definition) is 4. The van der Waals surface area contributed by atoms with Crippen LogP contribution < -0.4 is 21.1 Å². The van der Waals surface area contributed by atoms with Gasteiger partial charge in [-0.15, -0.1) is 0 Å². The maximum atomic E-state index is 11.5. The standard InChI is InChI=1S/C14H21N3O3/c1-2-16-13(18)7-9-17-14(19)8-10-20-12-5-3-11(15)4-6-12/h3-6H,2,7-10,15H2,1H3,(H,16,18)(H,17,19). The first-order valence-corrected chi connectivity index (χ1v) is 6.63. The predicted molar refractivity (Wildman–Crippen MR) is 77.3 cm³/mol. The highest BCUT2D eigenvalue weighted by molar-refractivity contribution is 5.78. The first kappa shape index (κ1) is 15.8. The molecule has 0 atom stereocenters. The number of nitrogens with one attached hydrogen (secondary N) is 2. The molecule has 110 valence electrons. The van der Waals surface area contributed by atoms with Crippen LogP contribution in [0, 0.1) is 0 Å². The van der Waals surface area contributed by atoms with Crippen molar-refractivity contribution in [1.29, 1.82) is 0 Å². The first-order chi connectivity index (χ1) is 9.61. The molecule has 0 spiro atoms. The Morgan fingerprint density at radius 3 is 2.40 bits per heavy atom. The van der Waals surface area contributed by atoms with Gasteiger partial charge in [0.15, 0.2) is 0 Å². The number of nitrogen functional groups attached to an aromatic ring is 1. The highest BCUT2D eigenvalue weighted by Crippen LogP contribution is 2.12. The number of benzene rings is 1. The Hall–Kier alpha value is -2.24. The van der Waals surface area contributed by atoms with Crippen molar-refractivity contribution in [2.75, 3.05) is 25.4 Å². The summed E-state index contributed by atoms with van der Waals surface area (Å²) in [5.41, 5.74) is 6.22. The molecule has 0 aromatic heterocycles. The second-order valence-corrected chi connectivity index (χ2v) is 4.22. The van der Waals surface area contributed by atoms with Gasteiger partial charge in [0.2, 0.25) is 11.8 Å². The zero-order valence-electron chi connectivity index (χ0n) is 11.6. The summed E-state index contributed by atoms with van der Waals surface area (Å²) in [6.45, 7) is 3.08. The quantitative estimate of drug-likeness (QED) is 0.610. The Morgan fingerprint density at radius 1 is 1.10 bits per heavy atom. The van der Waals surface area contributed by atoms with Crippen LogP contribution >= 0.6 is 0 Å². The molecule has 20 heavy (non-hydrogen) atoms. The monoisotopic (exact) mass is 279 g/mol. The van der Waals surface area contributed by atoms with Gasteiger partial charge in [0, 0.05) is 25.2 Å². The van der Waals surface area contributed by atoms with Crippen molar-refractivity contribution in [3.05, 3.63) is 24.3 Å². The summed E-state index contributed by atoms with van der Waals surface area (Å²) in [5.74, 6) is 0.477. The van der Waals surface area contributed by atoms with Crippen LogP contribution in [0.3, 0.4) is 0 Å². The molecule has 0 saturated carbocycles. The lowest BCUT2D eigenvalue weighted by atomic mass is 10.3. The number of anilines is 1. The highest BCUT2D eigenvalue weighted by Gasteiger charge is 2.04. The van der Waals surface area contributed by atoms with Crippen LogP contribution in [-0.4, -0.2) is 31.5 Å². The molecule has 1 rings (SSSR count). The predicted octanol–water partition coefficient (Wildman–Crippen LogP) is 0.680. The van der Waals surface area contributed by atoms with Gasteiger partial charge in [0.05, 0.1) is 13.0 Å². The minimum Gasteiger partial charge on any atom is -0.493 e. The fraction of sp³-hybridized carbons (Fsp3) is 0.429. The lowest BCUT2D eigenvalue weighted by Crippen LogP contribution is -2.31. The van der Waals surface area contributed by atoms with E-state index >= 15 is 0 Å². The molecule has 6 nitrogen and oxygen atoms in total. The molecule has 1 aromatic carbocycles. The Morgan fingerprint density at radius 2 is 1.75 bits per heavy atom. The molecule has 0 aliphatic rings. The van der Waals surface area contributed by atoms with Gasteiger partial charge in [-0.3, -0.25) is 9.59 Å². The fourth-order valence-electron chi connectivity index (χ4n) is 1.52. The maximum Gasteiger partial charge on any atom is 0.223 e. The molecule has 2 amide bonds. The summed E-state index contributed by atoms with van der Waals surface area (Å²) < 4.78 is 5.40. The molecule has 0 unspecified atom stereocenters. The SMILES string of the molecule is CCNC(=O)CCNC(=O)CCOc1ccc(N)cc1. The van der Waals surface area contributed by atoms with Gasteiger partial charge in [-0.25, -0.2) is 0 Å². The number of carbonyl (C=O) groups excluding carboxylic acids is 2. The van der Waals surface area contributed by atoms with Gasteiger partial charge in [0.25, 0.3) is 0 Å². The van der Waals surface area contributed by atoms with E-state index in [2.05, 4.69) is 10.6 Å². The molecule has 0 radical (unpaired) electrons. The normalized spacial score (nSPS) is 9.85. The van der Waals surface area contributed by atoms with Crippen LogP contribution in [0.2, 0.25) is 0 Å². The fourth-order valence-corrected chi connectivity index (χ4v) is 1.52. The summed E-state index contributed by atoms with van der Waals surface area (Å²) in [4.78, 5) is 22.6. The van der Waals surface area contributed by atoms with Gasteiger partial charge in [-0.1, -0.05) is 0 Å². The first-order valence-electron chi connectivity index (χ1n) is 6.63. The average Bonchev–Trinajstić information content (AvgIpc) is 2.41. The number of nitrogens with two attached hydrogens (primary N) is 1. The van der Waals surface area contributed by atoms with Crippen molar-refractivity contribution in [2.24, 2.45) is 0 Å². The third-order valence-electron chi connectivity index (χ3n) is 2.53. The Balaban J connectivity index is 2.11. The van der Waals surface area contributed by atoms with E-state index < -0.39 is 0 Å². The van der Waals surface area contributed by atoms with Gasteiger partial charge in [-0.05, 0) is 31.2 Å². The van der Waals surface area contributed by atoms with Gasteiger partial charge in [0.1, 0.15) is 5.75 Å². The molecular weight excluding hydrogens is 258 g/mol. The van der Waals surface area contributed by atoms with E-state index in [1.165, 1.54) is 0 Å². The molecule has 4 N–H and O–H groups in total. The van der Waals surface area contributed by atoms with E-state index in [1.807, 2.05) is 6.92 Å². The Labute approximate surface area is 118 Å². The number of carbonyl (C=O) groups is 2. The average molecular weight is 279 g/mol. The third-order valence-corrected chi connectivity index (χ3v) is 2.53. The van der Waals surface area contributed by atoms with Crippen LogP contribution in [0.5, 0.6) is 5.75 Å². The van der Waals surface area contributed by atoms with Crippen molar-refractivity contribution in [3.63, 3.8) is 0 Å². The second-order valence-electron chi connectivity index (χ2n) is 4.22. The van der Waals surface area contributed by atoms with Crippen LogP contribution in [-0.2, 0) is 9.59 Å². The molecule has 0 aliphatic heterocycles. The van der Waals surface area contributed by atoms with Crippen molar-refractivity contribution < 1.29 is 14.3 Å². The topological polar surface area (TPSA) is 93.5 Å². The zero-order chi connectivity index (χ0) is 14.8. The Bertz CT molecular complexity index is 432. The van der Waals surface area contributed by atoms with Crippen LogP contribution in [0.15, 0.2) is 24.3 Å². The van der Waals surface area contributed by atoms with Crippen molar-refractivity contribution in [1.82, 2.24) is 10.6 Å². The highest BCUT2D eigenvalue weighted by atomic mass is 16.5. The second kappa shape index (κ2) is 8.79. The van der Waals surface area contributed by atoms with E-state index in [1.54, 1.807) is 24.3 Å². The molecule has 1 aromatic rings. The number of amides is 2. The minimum absolute atomic E-state index is 0.0640. The summed E-state index contributed by atoms with van der Waals surface area (Å²) >= 11 is 0. The summed E-state index contributed by atoms with van der Waals surface area (Å²) in [6.07, 6.45) is 0.540. The van der Waals surface area contributed by atoms with E-state index in [-0.39, 0.29) is 24.8 Å². The van der Waals surface area contributed by atoms with Crippen LogP contribution in [0.25, 0.3) is 0 Å². The Kier molecular flexibility index (Phi) is 6.95. The van der Waals surface area contributed by atoms with Crippen molar-refractivity contribution in [2.45, 2.75) is 19.8 Å². The zero-order valence-corrected chi connectivity index (χ0v) is 11.6. The molecule has 6 heteroatoms. The number of rotatable bonds is 8. The van der Waals surface area contributed by atoms with E-state index in [0.717, 1.165) is 0 Å². The summed E-state index contributed by atoms with van der Waals surface area (Å²) in [6, 6.07) is 6.98. The van der Waals surface area contributed by atoms with E-state index in [9.17, 15) is 9.59 Å². The number of ether oxygens (including phenoxy) is 1. The molecule has 0 fully saturated rings. The molecule has 0 saturated heterocycles. The largest absolute Gasteiger partial charge is 0.493 e. The van der Waals surface area contributed by atoms with Gasteiger partial charge < -0.3 is 21.1 Å². The maximum absolute atomic E-state index is 11.5.